The highest BCUT2D eigenvalue weighted by molar-refractivity contribution is 5.81. The van der Waals surface area contributed by atoms with Crippen LogP contribution in [0.3, 0.4) is 0 Å². The van der Waals surface area contributed by atoms with E-state index in [1.54, 1.807) is 0 Å². The van der Waals surface area contributed by atoms with E-state index >= 15 is 0 Å². The fourth-order valence-corrected chi connectivity index (χ4v) is 5.56. The first-order valence-electron chi connectivity index (χ1n) is 11.6. The number of carbonyl (C=O) groups is 1. The van der Waals surface area contributed by atoms with Crippen LogP contribution in [0.15, 0.2) is 71.3 Å². The standard InChI is InChI=1S/C27H30N2O2/c30-26(28-27(17-8-3-9-18-27)21-13-6-2-7-14-21)23-16-10-15-22(23)24-19-25(31-29-24)20-11-4-1-5-12-20/h1-2,4-7,11-14,19,22-23H,3,8-10,15-18H2,(H,28,30)/t22-,23-/m1/s1. The van der Waals surface area contributed by atoms with Gasteiger partial charge in [0.15, 0.2) is 5.76 Å². The summed E-state index contributed by atoms with van der Waals surface area (Å²) in [5, 5.41) is 7.91. The minimum Gasteiger partial charge on any atom is -0.356 e. The summed E-state index contributed by atoms with van der Waals surface area (Å²) in [7, 11) is 0. The van der Waals surface area contributed by atoms with Crippen molar-refractivity contribution in [1.82, 2.24) is 10.5 Å². The quantitative estimate of drug-likeness (QED) is 0.541. The van der Waals surface area contributed by atoms with Crippen LogP contribution in [0.25, 0.3) is 11.3 Å². The van der Waals surface area contributed by atoms with Gasteiger partial charge in [-0.25, -0.2) is 0 Å². The van der Waals surface area contributed by atoms with E-state index in [4.69, 9.17) is 4.52 Å². The fourth-order valence-electron chi connectivity index (χ4n) is 5.56. The summed E-state index contributed by atoms with van der Waals surface area (Å²) < 4.78 is 5.65. The molecule has 0 bridgehead atoms. The molecule has 1 heterocycles. The van der Waals surface area contributed by atoms with Crippen LogP contribution in [-0.2, 0) is 10.3 Å². The third kappa shape index (κ3) is 4.04. The summed E-state index contributed by atoms with van der Waals surface area (Å²) in [6.45, 7) is 0. The van der Waals surface area contributed by atoms with Gasteiger partial charge in [-0.1, -0.05) is 91.5 Å². The van der Waals surface area contributed by atoms with Gasteiger partial charge in [-0.3, -0.25) is 4.79 Å². The zero-order valence-corrected chi connectivity index (χ0v) is 17.9. The minimum atomic E-state index is -0.233. The number of amides is 1. The van der Waals surface area contributed by atoms with Crippen molar-refractivity contribution in [3.05, 3.63) is 78.0 Å². The minimum absolute atomic E-state index is 0.0452. The summed E-state index contributed by atoms with van der Waals surface area (Å²) in [5.41, 5.74) is 2.94. The molecule has 2 atom stereocenters. The molecule has 1 amide bonds. The number of aromatic nitrogens is 1. The number of hydrogen-bond acceptors (Lipinski definition) is 3. The largest absolute Gasteiger partial charge is 0.356 e. The molecular formula is C27H30N2O2. The summed E-state index contributed by atoms with van der Waals surface area (Å²) in [5.74, 6) is 1.03. The van der Waals surface area contributed by atoms with Crippen LogP contribution < -0.4 is 5.32 Å². The van der Waals surface area contributed by atoms with Crippen molar-refractivity contribution >= 4 is 5.91 Å². The lowest BCUT2D eigenvalue weighted by atomic mass is 9.76. The van der Waals surface area contributed by atoms with E-state index in [1.165, 1.54) is 12.0 Å². The summed E-state index contributed by atoms with van der Waals surface area (Å²) in [6.07, 6.45) is 8.54. The molecule has 3 aromatic rings. The van der Waals surface area contributed by atoms with Gasteiger partial charge in [0.1, 0.15) is 0 Å². The smallest absolute Gasteiger partial charge is 0.224 e. The third-order valence-corrected chi connectivity index (χ3v) is 7.22. The van der Waals surface area contributed by atoms with E-state index < -0.39 is 0 Å². The van der Waals surface area contributed by atoms with Crippen molar-refractivity contribution < 1.29 is 9.32 Å². The molecule has 1 N–H and O–H groups in total. The zero-order valence-electron chi connectivity index (χ0n) is 17.9. The van der Waals surface area contributed by atoms with Gasteiger partial charge in [0.2, 0.25) is 5.91 Å². The van der Waals surface area contributed by atoms with Crippen LogP contribution >= 0.6 is 0 Å². The van der Waals surface area contributed by atoms with Gasteiger partial charge in [-0.2, -0.15) is 0 Å². The van der Waals surface area contributed by atoms with E-state index in [2.05, 4.69) is 34.7 Å². The number of nitrogens with zero attached hydrogens (tertiary/aromatic N) is 1. The fraction of sp³-hybridized carbons (Fsp3) is 0.407. The molecule has 2 fully saturated rings. The Hall–Kier alpha value is -2.88. The first-order valence-corrected chi connectivity index (χ1v) is 11.6. The Morgan fingerprint density at radius 3 is 2.35 bits per heavy atom. The van der Waals surface area contributed by atoms with Crippen LogP contribution in [0.2, 0.25) is 0 Å². The molecule has 160 valence electrons. The molecule has 4 nitrogen and oxygen atoms in total. The lowest BCUT2D eigenvalue weighted by molar-refractivity contribution is -0.128. The van der Waals surface area contributed by atoms with Gasteiger partial charge in [0, 0.05) is 23.5 Å². The highest BCUT2D eigenvalue weighted by Crippen LogP contribution is 2.43. The van der Waals surface area contributed by atoms with Gasteiger partial charge in [0.25, 0.3) is 0 Å². The first-order chi connectivity index (χ1) is 15.3. The van der Waals surface area contributed by atoms with E-state index in [1.807, 2.05) is 42.5 Å². The number of hydrogen-bond donors (Lipinski definition) is 1. The third-order valence-electron chi connectivity index (χ3n) is 7.22. The van der Waals surface area contributed by atoms with Crippen molar-refractivity contribution in [2.24, 2.45) is 5.92 Å². The SMILES string of the molecule is O=C(NC1(c2ccccc2)CCCCC1)[C@@H]1CCC[C@H]1c1cc(-c2ccccc2)on1. The van der Waals surface area contributed by atoms with Crippen molar-refractivity contribution in [3.63, 3.8) is 0 Å². The van der Waals surface area contributed by atoms with Crippen molar-refractivity contribution in [3.8, 4) is 11.3 Å². The van der Waals surface area contributed by atoms with Gasteiger partial charge in [0.05, 0.1) is 11.2 Å². The van der Waals surface area contributed by atoms with Crippen molar-refractivity contribution in [1.29, 1.82) is 0 Å². The van der Waals surface area contributed by atoms with Gasteiger partial charge in [-0.15, -0.1) is 0 Å². The molecule has 0 unspecified atom stereocenters. The summed E-state index contributed by atoms with van der Waals surface area (Å²) >= 11 is 0. The average Bonchev–Trinajstić information content (AvgIpc) is 3.51. The van der Waals surface area contributed by atoms with Crippen LogP contribution in [0.4, 0.5) is 0 Å². The second-order valence-electron chi connectivity index (χ2n) is 9.12. The first kappa shape index (κ1) is 20.0. The van der Waals surface area contributed by atoms with E-state index in [9.17, 15) is 4.79 Å². The molecule has 0 saturated heterocycles. The van der Waals surface area contributed by atoms with Crippen LogP contribution in [0.1, 0.15) is 68.5 Å². The van der Waals surface area contributed by atoms with Crippen molar-refractivity contribution in [2.75, 3.05) is 0 Å². The number of rotatable bonds is 5. The molecule has 2 aliphatic rings. The van der Waals surface area contributed by atoms with Crippen LogP contribution in [0, 0.1) is 5.92 Å². The highest BCUT2D eigenvalue weighted by atomic mass is 16.5. The lowest BCUT2D eigenvalue weighted by Crippen LogP contribution is -2.49. The second kappa shape index (κ2) is 8.70. The maximum atomic E-state index is 13.6. The predicted octanol–water partition coefficient (Wildman–Crippen LogP) is 6.20. The molecule has 2 aromatic carbocycles. The Labute approximate surface area is 184 Å². The molecule has 1 aromatic heterocycles. The normalized spacial score (nSPS) is 22.8. The molecule has 0 radical (unpaired) electrons. The lowest BCUT2D eigenvalue weighted by Gasteiger charge is -2.40. The Kier molecular flexibility index (Phi) is 5.63. The van der Waals surface area contributed by atoms with E-state index in [0.29, 0.717) is 0 Å². The maximum Gasteiger partial charge on any atom is 0.224 e. The van der Waals surface area contributed by atoms with Gasteiger partial charge >= 0.3 is 0 Å². The molecule has 2 saturated carbocycles. The average molecular weight is 415 g/mol. The Bertz CT molecular complexity index is 1010. The molecule has 5 rings (SSSR count). The number of benzene rings is 2. The molecular weight excluding hydrogens is 384 g/mol. The second-order valence-corrected chi connectivity index (χ2v) is 9.12. The number of carbonyl (C=O) groups excluding carboxylic acids is 1. The van der Waals surface area contributed by atoms with E-state index in [-0.39, 0.29) is 23.3 Å². The Balaban J connectivity index is 1.37. The molecule has 31 heavy (non-hydrogen) atoms. The van der Waals surface area contributed by atoms with Gasteiger partial charge < -0.3 is 9.84 Å². The maximum absolute atomic E-state index is 13.6. The Morgan fingerprint density at radius 2 is 1.61 bits per heavy atom. The molecule has 0 spiro atoms. The molecule has 4 heteroatoms. The predicted molar refractivity (Wildman–Crippen MR) is 121 cm³/mol. The van der Waals surface area contributed by atoms with Crippen molar-refractivity contribution in [2.45, 2.75) is 62.8 Å². The van der Waals surface area contributed by atoms with Gasteiger partial charge in [-0.05, 0) is 31.2 Å². The Morgan fingerprint density at radius 1 is 0.903 bits per heavy atom. The molecule has 0 aliphatic heterocycles. The monoisotopic (exact) mass is 414 g/mol. The van der Waals surface area contributed by atoms with Crippen LogP contribution in [0.5, 0.6) is 0 Å². The number of nitrogens with one attached hydrogen (secondary N) is 1. The highest BCUT2D eigenvalue weighted by Gasteiger charge is 2.41. The summed E-state index contributed by atoms with van der Waals surface area (Å²) in [4.78, 5) is 13.6. The van der Waals surface area contributed by atoms with E-state index in [0.717, 1.165) is 62.0 Å². The zero-order chi connectivity index (χ0) is 21.1. The molecule has 2 aliphatic carbocycles. The summed E-state index contributed by atoms with van der Waals surface area (Å²) in [6, 6.07) is 22.6. The topological polar surface area (TPSA) is 55.1 Å². The van der Waals surface area contributed by atoms with Crippen LogP contribution in [-0.4, -0.2) is 11.1 Å².